The van der Waals surface area contributed by atoms with Crippen molar-refractivity contribution < 1.29 is 4.79 Å². The van der Waals surface area contributed by atoms with E-state index >= 15 is 0 Å². The molecule has 0 atom stereocenters. The summed E-state index contributed by atoms with van der Waals surface area (Å²) in [6.45, 7) is 2.19. The van der Waals surface area contributed by atoms with E-state index in [9.17, 15) is 4.79 Å². The first-order valence-electron chi connectivity index (χ1n) is 5.33. The fourth-order valence-corrected chi connectivity index (χ4v) is 2.52. The van der Waals surface area contributed by atoms with Gasteiger partial charge in [0.25, 0.3) is 0 Å². The van der Waals surface area contributed by atoms with E-state index in [1.54, 1.807) is 10.2 Å². The predicted molar refractivity (Wildman–Crippen MR) is 79.1 cm³/mol. The Hall–Kier alpha value is -0.290. The average Bonchev–Trinajstić information content (AvgIpc) is 2.28. The van der Waals surface area contributed by atoms with Crippen molar-refractivity contribution in [2.24, 2.45) is 0 Å². The van der Waals surface area contributed by atoms with Crippen LogP contribution in [0.1, 0.15) is 25.3 Å². The van der Waals surface area contributed by atoms with Gasteiger partial charge >= 0.3 is 0 Å². The molecule has 0 unspecified atom stereocenters. The molecule has 0 heterocycles. The molecule has 0 bridgehead atoms. The minimum Gasteiger partial charge on any atom is -0.282 e. The number of unbranched alkanes of at least 4 members (excludes halogenated alkanes) is 1. The fourth-order valence-electron chi connectivity index (χ4n) is 1.31. The van der Waals surface area contributed by atoms with Crippen molar-refractivity contribution in [3.05, 3.63) is 40.0 Å². The molecule has 1 nitrogen and oxygen atoms in total. The van der Waals surface area contributed by atoms with E-state index in [1.165, 1.54) is 30.2 Å². The third-order valence-electron chi connectivity index (χ3n) is 2.16. The van der Waals surface area contributed by atoms with Crippen molar-refractivity contribution >= 4 is 39.5 Å². The number of halogens is 1. The van der Waals surface area contributed by atoms with Gasteiger partial charge in [0.1, 0.15) is 0 Å². The molecule has 0 saturated heterocycles. The van der Waals surface area contributed by atoms with E-state index in [-0.39, 0.29) is 5.12 Å². The lowest BCUT2D eigenvalue weighted by Gasteiger charge is -2.01. The van der Waals surface area contributed by atoms with Crippen LogP contribution in [0.4, 0.5) is 0 Å². The van der Waals surface area contributed by atoms with Crippen LogP contribution in [0.15, 0.2) is 39.3 Å². The van der Waals surface area contributed by atoms with Crippen molar-refractivity contribution in [3.63, 3.8) is 0 Å². The summed E-state index contributed by atoms with van der Waals surface area (Å²) in [4.78, 5) is 12.4. The second-order valence-corrected chi connectivity index (χ2v) is 5.26. The molecule has 16 heavy (non-hydrogen) atoms. The SMILES string of the molecule is CCCCc1ccc(SC(=O)/C=C/I)cc1. The Labute approximate surface area is 115 Å². The summed E-state index contributed by atoms with van der Waals surface area (Å²) >= 11 is 3.32. The molecule has 1 aromatic rings. The van der Waals surface area contributed by atoms with Gasteiger partial charge in [-0.25, -0.2) is 0 Å². The number of carbonyl (C=O) groups is 1. The number of benzene rings is 1. The molecule has 0 aromatic heterocycles. The molecule has 0 aliphatic carbocycles. The number of hydrogen-bond acceptors (Lipinski definition) is 2. The van der Waals surface area contributed by atoms with Crippen LogP contribution in [0.3, 0.4) is 0 Å². The third kappa shape index (κ3) is 5.16. The van der Waals surface area contributed by atoms with E-state index in [2.05, 4.69) is 41.6 Å². The summed E-state index contributed by atoms with van der Waals surface area (Å²) in [5, 5.41) is 0.0794. The van der Waals surface area contributed by atoms with Gasteiger partial charge in [-0.15, -0.1) is 0 Å². The van der Waals surface area contributed by atoms with Crippen LogP contribution in [0.5, 0.6) is 0 Å². The summed E-state index contributed by atoms with van der Waals surface area (Å²) in [6.07, 6.45) is 5.15. The van der Waals surface area contributed by atoms with Crippen LogP contribution < -0.4 is 0 Å². The second-order valence-electron chi connectivity index (χ2n) is 3.46. The number of rotatable bonds is 5. The molecule has 1 aromatic carbocycles. The van der Waals surface area contributed by atoms with Crippen LogP contribution in [0.25, 0.3) is 0 Å². The smallest absolute Gasteiger partial charge is 0.217 e. The molecular formula is C13H15IOS. The van der Waals surface area contributed by atoms with Crippen LogP contribution >= 0.6 is 34.4 Å². The van der Waals surface area contributed by atoms with Gasteiger partial charge in [-0.1, -0.05) is 48.1 Å². The molecule has 0 aliphatic rings. The molecule has 0 aliphatic heterocycles. The Morgan fingerprint density at radius 3 is 2.62 bits per heavy atom. The second kappa shape index (κ2) is 7.90. The molecule has 0 saturated carbocycles. The standard InChI is InChI=1S/C13H15IOS/c1-2-3-4-11-5-7-12(8-6-11)16-13(15)9-10-14/h5-10H,2-4H2,1H3/b10-9+. The highest BCUT2D eigenvalue weighted by molar-refractivity contribution is 14.1. The zero-order valence-electron chi connectivity index (χ0n) is 9.28. The topological polar surface area (TPSA) is 17.1 Å². The van der Waals surface area contributed by atoms with Crippen molar-refractivity contribution in [2.75, 3.05) is 0 Å². The lowest BCUT2D eigenvalue weighted by molar-refractivity contribution is -0.107. The van der Waals surface area contributed by atoms with Gasteiger partial charge in [0.05, 0.1) is 0 Å². The lowest BCUT2D eigenvalue weighted by Crippen LogP contribution is -1.86. The Morgan fingerprint density at radius 2 is 2.06 bits per heavy atom. The molecule has 3 heteroatoms. The van der Waals surface area contributed by atoms with Gasteiger partial charge in [0.15, 0.2) is 0 Å². The van der Waals surface area contributed by atoms with Gasteiger partial charge in [0, 0.05) is 4.90 Å². The molecular weight excluding hydrogens is 331 g/mol. The summed E-state index contributed by atoms with van der Waals surface area (Å²) in [7, 11) is 0. The molecule has 0 radical (unpaired) electrons. The van der Waals surface area contributed by atoms with Gasteiger partial charge in [-0.2, -0.15) is 0 Å². The molecule has 0 fully saturated rings. The summed E-state index contributed by atoms with van der Waals surface area (Å²) in [5.41, 5.74) is 1.35. The fraction of sp³-hybridized carbons (Fsp3) is 0.308. The molecule has 0 spiro atoms. The quantitative estimate of drug-likeness (QED) is 0.440. The van der Waals surface area contributed by atoms with Crippen molar-refractivity contribution in [1.82, 2.24) is 0 Å². The Bertz CT molecular complexity index is 357. The van der Waals surface area contributed by atoms with Crippen LogP contribution in [0.2, 0.25) is 0 Å². The monoisotopic (exact) mass is 346 g/mol. The first kappa shape index (κ1) is 13.8. The summed E-state index contributed by atoms with van der Waals surface area (Å²) in [6, 6.07) is 8.27. The van der Waals surface area contributed by atoms with Crippen LogP contribution in [-0.4, -0.2) is 5.12 Å². The third-order valence-corrected chi connectivity index (χ3v) is 3.36. The van der Waals surface area contributed by atoms with E-state index in [0.717, 1.165) is 11.3 Å². The Balaban J connectivity index is 2.54. The molecule has 1 rings (SSSR count). The predicted octanol–water partition coefficient (Wildman–Crippen LogP) is 4.60. The number of hydrogen-bond donors (Lipinski definition) is 0. The van der Waals surface area contributed by atoms with Gasteiger partial charge < -0.3 is 0 Å². The van der Waals surface area contributed by atoms with E-state index in [1.807, 2.05) is 12.1 Å². The minimum atomic E-state index is 0.0794. The van der Waals surface area contributed by atoms with E-state index in [4.69, 9.17) is 0 Å². The van der Waals surface area contributed by atoms with Crippen molar-refractivity contribution in [1.29, 1.82) is 0 Å². The number of thioether (sulfide) groups is 1. The minimum absolute atomic E-state index is 0.0794. The molecule has 86 valence electrons. The summed E-state index contributed by atoms with van der Waals surface area (Å²) < 4.78 is 1.74. The maximum Gasteiger partial charge on any atom is 0.217 e. The average molecular weight is 346 g/mol. The Morgan fingerprint density at radius 1 is 1.38 bits per heavy atom. The normalized spacial score (nSPS) is 10.9. The molecule has 0 N–H and O–H groups in total. The van der Waals surface area contributed by atoms with Gasteiger partial charge in [-0.3, -0.25) is 4.79 Å². The summed E-state index contributed by atoms with van der Waals surface area (Å²) in [5.74, 6) is 0. The van der Waals surface area contributed by atoms with Gasteiger partial charge in [-0.05, 0) is 52.5 Å². The van der Waals surface area contributed by atoms with Crippen LogP contribution in [-0.2, 0) is 11.2 Å². The molecule has 0 amide bonds. The zero-order valence-corrected chi connectivity index (χ0v) is 12.3. The lowest BCUT2D eigenvalue weighted by atomic mass is 10.1. The first-order valence-corrected chi connectivity index (χ1v) is 7.40. The van der Waals surface area contributed by atoms with Crippen LogP contribution in [0, 0.1) is 0 Å². The first-order chi connectivity index (χ1) is 7.76. The largest absolute Gasteiger partial charge is 0.282 e. The highest BCUT2D eigenvalue weighted by Gasteiger charge is 2.00. The van der Waals surface area contributed by atoms with Crippen molar-refractivity contribution in [2.45, 2.75) is 31.1 Å². The maximum absolute atomic E-state index is 11.3. The zero-order chi connectivity index (χ0) is 11.8. The van der Waals surface area contributed by atoms with Crippen molar-refractivity contribution in [3.8, 4) is 0 Å². The van der Waals surface area contributed by atoms with Gasteiger partial charge in [0.2, 0.25) is 5.12 Å². The van der Waals surface area contributed by atoms with E-state index in [0.29, 0.717) is 0 Å². The highest BCUT2D eigenvalue weighted by Crippen LogP contribution is 2.20. The highest BCUT2D eigenvalue weighted by atomic mass is 127. The van der Waals surface area contributed by atoms with E-state index < -0.39 is 0 Å². The number of aryl methyl sites for hydroxylation is 1. The maximum atomic E-state index is 11.3. The number of carbonyl (C=O) groups excluding carboxylic acids is 1. The Kier molecular flexibility index (Phi) is 6.80.